The molecule has 0 aromatic heterocycles. The normalized spacial score (nSPS) is 23.7. The van der Waals surface area contributed by atoms with Crippen molar-refractivity contribution < 1.29 is 14.6 Å². The Morgan fingerprint density at radius 3 is 2.50 bits per heavy atom. The van der Waals surface area contributed by atoms with Gasteiger partial charge in [0.25, 0.3) is 0 Å². The lowest BCUT2D eigenvalue weighted by Crippen LogP contribution is -2.60. The van der Waals surface area contributed by atoms with E-state index in [-0.39, 0.29) is 30.1 Å². The maximum atomic E-state index is 11.5. The first kappa shape index (κ1) is 13.5. The van der Waals surface area contributed by atoms with Gasteiger partial charge in [-0.25, -0.2) is 0 Å². The van der Waals surface area contributed by atoms with Crippen LogP contribution in [-0.4, -0.2) is 48.3 Å². The summed E-state index contributed by atoms with van der Waals surface area (Å²) in [7, 11) is 1.43. The lowest BCUT2D eigenvalue weighted by atomic mass is 9.80. The minimum absolute atomic E-state index is 0.0649. The Morgan fingerprint density at radius 2 is 2.19 bits per heavy atom. The fourth-order valence-electron chi connectivity index (χ4n) is 2.39. The molecule has 0 saturated carbocycles. The smallest absolute Gasteiger partial charge is 0.323 e. The van der Waals surface area contributed by atoms with Crippen LogP contribution >= 0.6 is 0 Å². The van der Waals surface area contributed by atoms with E-state index < -0.39 is 0 Å². The van der Waals surface area contributed by atoms with E-state index >= 15 is 0 Å². The Balaban J connectivity index is 2.69. The second-order valence-electron chi connectivity index (χ2n) is 5.46. The third-order valence-electron chi connectivity index (χ3n) is 3.34. The second kappa shape index (κ2) is 5.15. The van der Waals surface area contributed by atoms with Gasteiger partial charge in [-0.05, 0) is 18.3 Å². The predicted molar refractivity (Wildman–Crippen MR) is 62.1 cm³/mol. The van der Waals surface area contributed by atoms with Gasteiger partial charge in [-0.15, -0.1) is 0 Å². The summed E-state index contributed by atoms with van der Waals surface area (Å²) in [4.78, 5) is 13.7. The zero-order valence-electron chi connectivity index (χ0n) is 10.7. The highest BCUT2D eigenvalue weighted by atomic mass is 16.5. The Bertz CT molecular complexity index is 247. The number of hydrogen-bond acceptors (Lipinski definition) is 4. The first-order valence-electron chi connectivity index (χ1n) is 5.86. The fraction of sp³-hybridized carbons (Fsp3) is 0.917. The van der Waals surface area contributed by atoms with Gasteiger partial charge < -0.3 is 9.84 Å². The molecule has 1 saturated heterocycles. The van der Waals surface area contributed by atoms with Gasteiger partial charge in [-0.3, -0.25) is 9.69 Å². The molecule has 1 rings (SSSR count). The zero-order valence-corrected chi connectivity index (χ0v) is 10.7. The molecule has 2 atom stereocenters. The van der Waals surface area contributed by atoms with E-state index in [1.807, 2.05) is 0 Å². The highest BCUT2D eigenvalue weighted by Gasteiger charge is 2.43. The van der Waals surface area contributed by atoms with Crippen molar-refractivity contribution in [1.82, 2.24) is 4.90 Å². The number of carbonyl (C=O) groups is 1. The van der Waals surface area contributed by atoms with Crippen molar-refractivity contribution in [2.75, 3.05) is 20.3 Å². The van der Waals surface area contributed by atoms with Crippen molar-refractivity contribution in [3.8, 4) is 0 Å². The van der Waals surface area contributed by atoms with Gasteiger partial charge in [0.2, 0.25) is 0 Å². The Labute approximate surface area is 97.6 Å². The van der Waals surface area contributed by atoms with E-state index in [9.17, 15) is 4.79 Å². The summed E-state index contributed by atoms with van der Waals surface area (Å²) in [6, 6.07) is 0.121. The molecule has 1 fully saturated rings. The molecule has 0 bridgehead atoms. The van der Waals surface area contributed by atoms with E-state index in [0.29, 0.717) is 6.42 Å². The van der Waals surface area contributed by atoms with E-state index in [1.54, 1.807) is 0 Å². The van der Waals surface area contributed by atoms with Crippen LogP contribution in [0.4, 0.5) is 0 Å². The third-order valence-corrected chi connectivity index (χ3v) is 3.34. The molecule has 0 aliphatic carbocycles. The first-order chi connectivity index (χ1) is 7.41. The minimum atomic E-state index is -0.154. The van der Waals surface area contributed by atoms with Crippen LogP contribution in [0.3, 0.4) is 0 Å². The van der Waals surface area contributed by atoms with Crippen LogP contribution in [0.2, 0.25) is 0 Å². The second-order valence-corrected chi connectivity index (χ2v) is 5.46. The SMILES string of the molecule is COC(=O)C1CCN1C(CCO)C(C)(C)C. The van der Waals surface area contributed by atoms with E-state index in [0.717, 1.165) is 13.0 Å². The summed E-state index contributed by atoms with van der Waals surface area (Å²) in [5.41, 5.74) is 0.0649. The van der Waals surface area contributed by atoms with Gasteiger partial charge >= 0.3 is 5.97 Å². The largest absolute Gasteiger partial charge is 0.468 e. The molecule has 0 spiro atoms. The number of ether oxygens (including phenoxy) is 1. The standard InChI is InChI=1S/C12H23NO3/c1-12(2,3)10(6-8-14)13-7-5-9(13)11(15)16-4/h9-10,14H,5-8H2,1-4H3. The van der Waals surface area contributed by atoms with Crippen LogP contribution in [0, 0.1) is 5.41 Å². The Kier molecular flexibility index (Phi) is 4.33. The Morgan fingerprint density at radius 1 is 1.56 bits per heavy atom. The monoisotopic (exact) mass is 229 g/mol. The molecular formula is C12H23NO3. The molecule has 1 aliphatic rings. The summed E-state index contributed by atoms with van der Waals surface area (Å²) in [5, 5.41) is 9.11. The topological polar surface area (TPSA) is 49.8 Å². The number of aliphatic hydroxyl groups excluding tert-OH is 1. The molecule has 1 aliphatic heterocycles. The lowest BCUT2D eigenvalue weighted by molar-refractivity contribution is -0.156. The zero-order chi connectivity index (χ0) is 12.3. The molecule has 0 radical (unpaired) electrons. The summed E-state index contributed by atoms with van der Waals surface area (Å²) in [6.07, 6.45) is 1.57. The van der Waals surface area contributed by atoms with Gasteiger partial charge in [0.05, 0.1) is 7.11 Å². The van der Waals surface area contributed by atoms with E-state index in [4.69, 9.17) is 9.84 Å². The van der Waals surface area contributed by atoms with Crippen molar-refractivity contribution in [3.63, 3.8) is 0 Å². The number of likely N-dealkylation sites (tertiary alicyclic amines) is 1. The maximum Gasteiger partial charge on any atom is 0.323 e. The van der Waals surface area contributed by atoms with Crippen LogP contribution < -0.4 is 0 Å². The number of rotatable bonds is 4. The highest BCUT2D eigenvalue weighted by molar-refractivity contribution is 5.76. The quantitative estimate of drug-likeness (QED) is 0.732. The van der Waals surface area contributed by atoms with Crippen LogP contribution in [0.5, 0.6) is 0 Å². The summed E-state index contributed by atoms with van der Waals surface area (Å²) < 4.78 is 4.78. The summed E-state index contributed by atoms with van der Waals surface area (Å²) >= 11 is 0. The summed E-state index contributed by atoms with van der Waals surface area (Å²) in [6.45, 7) is 7.49. The number of carbonyl (C=O) groups excluding carboxylic acids is 1. The van der Waals surface area contributed by atoms with Gasteiger partial charge in [0.1, 0.15) is 6.04 Å². The molecule has 94 valence electrons. The van der Waals surface area contributed by atoms with Crippen molar-refractivity contribution in [3.05, 3.63) is 0 Å². The highest BCUT2D eigenvalue weighted by Crippen LogP contribution is 2.33. The molecule has 4 nitrogen and oxygen atoms in total. The van der Waals surface area contributed by atoms with Gasteiger partial charge in [-0.2, -0.15) is 0 Å². The lowest BCUT2D eigenvalue weighted by Gasteiger charge is -2.49. The molecule has 4 heteroatoms. The van der Waals surface area contributed by atoms with E-state index in [1.165, 1.54) is 7.11 Å². The number of hydrogen-bond donors (Lipinski definition) is 1. The van der Waals surface area contributed by atoms with Crippen molar-refractivity contribution in [1.29, 1.82) is 0 Å². The maximum absolute atomic E-state index is 11.5. The van der Waals surface area contributed by atoms with Crippen molar-refractivity contribution in [2.45, 2.75) is 45.7 Å². The van der Waals surface area contributed by atoms with Crippen LogP contribution in [-0.2, 0) is 9.53 Å². The minimum Gasteiger partial charge on any atom is -0.468 e. The number of methoxy groups -OCH3 is 1. The molecule has 16 heavy (non-hydrogen) atoms. The first-order valence-corrected chi connectivity index (χ1v) is 5.86. The number of aliphatic hydroxyl groups is 1. The molecule has 0 aromatic rings. The molecule has 1 N–H and O–H groups in total. The molecule has 0 aromatic carbocycles. The average Bonchev–Trinajstić information content (AvgIpc) is 2.13. The number of esters is 1. The fourth-order valence-corrected chi connectivity index (χ4v) is 2.39. The Hall–Kier alpha value is -0.610. The van der Waals surface area contributed by atoms with Gasteiger partial charge in [0, 0.05) is 19.2 Å². The van der Waals surface area contributed by atoms with Crippen LogP contribution in [0.1, 0.15) is 33.6 Å². The molecular weight excluding hydrogens is 206 g/mol. The van der Waals surface area contributed by atoms with Gasteiger partial charge in [0.15, 0.2) is 0 Å². The molecule has 0 amide bonds. The average molecular weight is 229 g/mol. The molecule has 2 unspecified atom stereocenters. The van der Waals surface area contributed by atoms with Crippen molar-refractivity contribution in [2.24, 2.45) is 5.41 Å². The van der Waals surface area contributed by atoms with Crippen molar-refractivity contribution >= 4 is 5.97 Å². The summed E-state index contributed by atoms with van der Waals surface area (Å²) in [5.74, 6) is -0.154. The van der Waals surface area contributed by atoms with Gasteiger partial charge in [-0.1, -0.05) is 20.8 Å². The van der Waals surface area contributed by atoms with Crippen LogP contribution in [0.15, 0.2) is 0 Å². The predicted octanol–water partition coefficient (Wildman–Crippen LogP) is 1.03. The van der Waals surface area contributed by atoms with Crippen LogP contribution in [0.25, 0.3) is 0 Å². The third kappa shape index (κ3) is 2.74. The van der Waals surface area contributed by atoms with E-state index in [2.05, 4.69) is 25.7 Å². The number of nitrogens with zero attached hydrogens (tertiary/aromatic N) is 1. The molecule has 1 heterocycles.